The highest BCUT2D eigenvalue weighted by atomic mass is 16.7. The quantitative estimate of drug-likeness (QED) is 0.396. The lowest BCUT2D eigenvalue weighted by atomic mass is 9.77. The average Bonchev–Trinajstić information content (AvgIpc) is 3.34. The minimum Gasteiger partial charge on any atom is -0.449 e. The number of hydrogen-bond donors (Lipinski definition) is 2. The van der Waals surface area contributed by atoms with Crippen LogP contribution < -0.4 is 5.32 Å². The largest absolute Gasteiger partial charge is 0.492 e. The fourth-order valence-electron chi connectivity index (χ4n) is 4.95. The summed E-state index contributed by atoms with van der Waals surface area (Å²) in [7, 11) is -0.619. The van der Waals surface area contributed by atoms with Crippen LogP contribution in [0.2, 0.25) is 0 Å². The van der Waals surface area contributed by atoms with Crippen molar-refractivity contribution in [1.29, 1.82) is 0 Å². The number of aliphatic hydroxyl groups excluding tert-OH is 1. The SMILES string of the molecule is CC1(C)OB(C(=Cc2ccc(CO)cc2)CNC(=O)OCC2c3ccccc3-c3ccccc32)OC1(C)C. The topological polar surface area (TPSA) is 77.0 Å². The van der Waals surface area contributed by atoms with E-state index < -0.39 is 24.4 Å². The third kappa shape index (κ3) is 5.14. The Labute approximate surface area is 224 Å². The van der Waals surface area contributed by atoms with Crippen molar-refractivity contribution in [2.24, 2.45) is 0 Å². The summed E-state index contributed by atoms with van der Waals surface area (Å²) >= 11 is 0. The molecule has 1 aliphatic heterocycles. The second-order valence-corrected chi connectivity index (χ2v) is 10.9. The first kappa shape index (κ1) is 26.2. The zero-order valence-electron chi connectivity index (χ0n) is 22.4. The number of carbonyl (C=O) groups excluding carboxylic acids is 1. The standard InChI is InChI=1S/C31H34BNO5/c1-30(2)31(3,4)38-32(37-30)23(17-21-13-15-22(19-34)16-14-21)18-33-29(35)36-20-28-26-11-7-5-9-24(26)25-10-6-8-12-27(25)28/h5-17,28,34H,18-20H2,1-4H3,(H,33,35). The minimum atomic E-state index is -0.619. The van der Waals surface area contributed by atoms with Gasteiger partial charge in [0.2, 0.25) is 0 Å². The number of ether oxygens (including phenoxy) is 1. The summed E-state index contributed by atoms with van der Waals surface area (Å²) < 4.78 is 18.3. The maximum atomic E-state index is 12.9. The van der Waals surface area contributed by atoms with Gasteiger partial charge in [0.1, 0.15) is 6.61 Å². The molecule has 1 fully saturated rings. The van der Waals surface area contributed by atoms with E-state index in [1.807, 2.05) is 82.3 Å². The molecule has 1 saturated heterocycles. The second kappa shape index (κ2) is 10.4. The lowest BCUT2D eigenvalue weighted by molar-refractivity contribution is 0.00578. The van der Waals surface area contributed by atoms with Crippen LogP contribution >= 0.6 is 0 Å². The number of alkyl carbamates (subject to hydrolysis) is 1. The number of hydrogen-bond acceptors (Lipinski definition) is 5. The maximum Gasteiger partial charge on any atom is 0.492 e. The zero-order chi connectivity index (χ0) is 26.9. The molecule has 0 aromatic heterocycles. The number of benzene rings is 3. The van der Waals surface area contributed by atoms with Gasteiger partial charge in [-0.1, -0.05) is 78.9 Å². The monoisotopic (exact) mass is 511 g/mol. The average molecular weight is 511 g/mol. The molecule has 2 aliphatic rings. The normalized spacial score (nSPS) is 17.7. The Morgan fingerprint density at radius 1 is 0.921 bits per heavy atom. The van der Waals surface area contributed by atoms with Crippen molar-refractivity contribution in [2.75, 3.05) is 13.2 Å². The molecule has 6 nitrogen and oxygen atoms in total. The number of rotatable bonds is 7. The van der Waals surface area contributed by atoms with Gasteiger partial charge < -0.3 is 24.5 Å². The first-order valence-corrected chi connectivity index (χ1v) is 13.0. The smallest absolute Gasteiger partial charge is 0.449 e. The van der Waals surface area contributed by atoms with E-state index in [1.54, 1.807) is 0 Å². The summed E-state index contributed by atoms with van der Waals surface area (Å²) in [5.41, 5.74) is 6.22. The van der Waals surface area contributed by atoms with Gasteiger partial charge in [-0.25, -0.2) is 4.79 Å². The molecule has 3 aromatic rings. The minimum absolute atomic E-state index is 0.00343. The molecule has 5 rings (SSSR count). The molecule has 196 valence electrons. The number of aliphatic hydroxyl groups is 1. The highest BCUT2D eigenvalue weighted by Gasteiger charge is 2.52. The van der Waals surface area contributed by atoms with E-state index in [2.05, 4.69) is 29.6 Å². The summed E-state index contributed by atoms with van der Waals surface area (Å²) in [6.07, 6.45) is 1.46. The van der Waals surface area contributed by atoms with Crippen LogP contribution in [0.3, 0.4) is 0 Å². The Bertz CT molecular complexity index is 1290. The molecule has 0 unspecified atom stereocenters. The van der Waals surface area contributed by atoms with Crippen LogP contribution in [0.25, 0.3) is 17.2 Å². The van der Waals surface area contributed by atoms with Gasteiger partial charge in [-0.05, 0) is 66.5 Å². The molecule has 2 N–H and O–H groups in total. The first-order chi connectivity index (χ1) is 18.2. The number of nitrogens with one attached hydrogen (secondary N) is 1. The molecule has 3 aromatic carbocycles. The highest BCUT2D eigenvalue weighted by Crippen LogP contribution is 2.44. The number of carbonyl (C=O) groups is 1. The summed E-state index contributed by atoms with van der Waals surface area (Å²) in [5.74, 6) is -0.00343. The third-order valence-corrected chi connectivity index (χ3v) is 7.85. The van der Waals surface area contributed by atoms with E-state index >= 15 is 0 Å². The molecule has 0 atom stereocenters. The molecule has 0 saturated carbocycles. The lowest BCUT2D eigenvalue weighted by Gasteiger charge is -2.32. The fourth-order valence-corrected chi connectivity index (χ4v) is 4.95. The second-order valence-electron chi connectivity index (χ2n) is 10.9. The van der Waals surface area contributed by atoms with Crippen molar-refractivity contribution < 1.29 is 23.9 Å². The Kier molecular flexibility index (Phi) is 7.18. The molecule has 0 bridgehead atoms. The Morgan fingerprint density at radius 3 is 2.03 bits per heavy atom. The number of fused-ring (bicyclic) bond motifs is 3. The molecule has 7 heteroatoms. The van der Waals surface area contributed by atoms with Crippen LogP contribution in [0.4, 0.5) is 4.79 Å². The number of amides is 1. The maximum absolute atomic E-state index is 12.9. The van der Waals surface area contributed by atoms with Gasteiger partial charge in [0, 0.05) is 12.5 Å². The lowest BCUT2D eigenvalue weighted by Crippen LogP contribution is -2.41. The van der Waals surface area contributed by atoms with E-state index in [-0.39, 0.29) is 25.7 Å². The van der Waals surface area contributed by atoms with E-state index in [9.17, 15) is 9.90 Å². The molecule has 38 heavy (non-hydrogen) atoms. The van der Waals surface area contributed by atoms with Crippen LogP contribution in [-0.2, 0) is 20.7 Å². The summed E-state index contributed by atoms with van der Waals surface area (Å²) in [5, 5.41) is 12.3. The van der Waals surface area contributed by atoms with Crippen molar-refractivity contribution in [2.45, 2.75) is 51.4 Å². The molecule has 0 radical (unpaired) electrons. The molecular formula is C31H34BNO5. The van der Waals surface area contributed by atoms with Gasteiger partial charge in [0.25, 0.3) is 0 Å². The highest BCUT2D eigenvalue weighted by molar-refractivity contribution is 6.56. The summed E-state index contributed by atoms with van der Waals surface area (Å²) in [4.78, 5) is 12.9. The van der Waals surface area contributed by atoms with E-state index in [4.69, 9.17) is 14.0 Å². The zero-order valence-corrected chi connectivity index (χ0v) is 22.4. The van der Waals surface area contributed by atoms with E-state index in [1.165, 1.54) is 22.3 Å². The molecular weight excluding hydrogens is 477 g/mol. The van der Waals surface area contributed by atoms with Crippen molar-refractivity contribution in [3.63, 3.8) is 0 Å². The van der Waals surface area contributed by atoms with Crippen LogP contribution in [-0.4, -0.2) is 42.7 Å². The Morgan fingerprint density at radius 2 is 1.47 bits per heavy atom. The van der Waals surface area contributed by atoms with Gasteiger partial charge in [-0.3, -0.25) is 0 Å². The molecule has 0 spiro atoms. The molecule has 1 aliphatic carbocycles. The predicted molar refractivity (Wildman–Crippen MR) is 149 cm³/mol. The van der Waals surface area contributed by atoms with Crippen LogP contribution in [0.1, 0.15) is 55.9 Å². The van der Waals surface area contributed by atoms with Crippen LogP contribution in [0.15, 0.2) is 78.3 Å². The molecule has 1 heterocycles. The molecule has 1 amide bonds. The van der Waals surface area contributed by atoms with E-state index in [0.29, 0.717) is 0 Å². The third-order valence-electron chi connectivity index (χ3n) is 7.85. The van der Waals surface area contributed by atoms with E-state index in [0.717, 1.165) is 16.6 Å². The van der Waals surface area contributed by atoms with Crippen LogP contribution in [0.5, 0.6) is 0 Å². The van der Waals surface area contributed by atoms with Crippen molar-refractivity contribution in [3.05, 3.63) is 101 Å². The Balaban J connectivity index is 1.29. The van der Waals surface area contributed by atoms with Gasteiger partial charge in [0.15, 0.2) is 0 Å². The van der Waals surface area contributed by atoms with Crippen molar-refractivity contribution in [3.8, 4) is 11.1 Å². The first-order valence-electron chi connectivity index (χ1n) is 13.0. The summed E-state index contributed by atoms with van der Waals surface area (Å²) in [6, 6.07) is 24.1. The van der Waals surface area contributed by atoms with Crippen LogP contribution in [0, 0.1) is 0 Å². The fraction of sp³-hybridized carbons (Fsp3) is 0.323. The van der Waals surface area contributed by atoms with Crippen molar-refractivity contribution in [1.82, 2.24) is 5.32 Å². The van der Waals surface area contributed by atoms with Gasteiger partial charge in [0.05, 0.1) is 17.8 Å². The summed E-state index contributed by atoms with van der Waals surface area (Å²) in [6.45, 7) is 8.43. The van der Waals surface area contributed by atoms with Gasteiger partial charge in [-0.15, -0.1) is 0 Å². The predicted octanol–water partition coefficient (Wildman–Crippen LogP) is 5.73. The van der Waals surface area contributed by atoms with Gasteiger partial charge in [-0.2, -0.15) is 0 Å². The van der Waals surface area contributed by atoms with Gasteiger partial charge >= 0.3 is 13.2 Å². The van der Waals surface area contributed by atoms with Crippen molar-refractivity contribution >= 4 is 19.3 Å². The Hall–Kier alpha value is -3.39.